The van der Waals surface area contributed by atoms with E-state index in [-0.39, 0.29) is 5.91 Å². The minimum Gasteiger partial charge on any atom is -0.497 e. The maximum absolute atomic E-state index is 13.1. The Kier molecular flexibility index (Phi) is 7.65. The molecule has 2 aliphatic rings. The first-order valence-electron chi connectivity index (χ1n) is 12.1. The van der Waals surface area contributed by atoms with Crippen molar-refractivity contribution in [2.75, 3.05) is 33.3 Å². The number of carbonyl (C=O) groups excluding carboxylic acids is 1. The second-order valence-electron chi connectivity index (χ2n) is 9.28. The molecule has 0 spiro atoms. The molecule has 1 aliphatic carbocycles. The van der Waals surface area contributed by atoms with Crippen molar-refractivity contribution in [3.63, 3.8) is 0 Å². The first-order valence-corrected chi connectivity index (χ1v) is 12.1. The van der Waals surface area contributed by atoms with Gasteiger partial charge in [-0.15, -0.1) is 0 Å². The van der Waals surface area contributed by atoms with Crippen LogP contribution in [0.5, 0.6) is 5.75 Å². The van der Waals surface area contributed by atoms with Crippen LogP contribution in [0.25, 0.3) is 0 Å². The van der Waals surface area contributed by atoms with Crippen molar-refractivity contribution in [1.29, 1.82) is 0 Å². The predicted molar refractivity (Wildman–Crippen MR) is 133 cm³/mol. The van der Waals surface area contributed by atoms with Crippen LogP contribution < -0.4 is 10.1 Å². The van der Waals surface area contributed by atoms with Gasteiger partial charge in [-0.3, -0.25) is 15.0 Å². The smallest absolute Gasteiger partial charge is 0.257 e. The first-order chi connectivity index (χ1) is 16.0. The quantitative estimate of drug-likeness (QED) is 0.545. The molecule has 6 nitrogen and oxygen atoms in total. The fourth-order valence-electron chi connectivity index (χ4n) is 4.98. The summed E-state index contributed by atoms with van der Waals surface area (Å²) in [6.45, 7) is 7.89. The van der Waals surface area contributed by atoms with Gasteiger partial charge in [-0.1, -0.05) is 25.3 Å². The lowest BCUT2D eigenvalue weighted by atomic mass is 9.94. The molecule has 1 saturated heterocycles. The number of nitrogens with zero attached hydrogens (tertiary/aromatic N) is 3. The van der Waals surface area contributed by atoms with Gasteiger partial charge in [0.25, 0.3) is 5.91 Å². The van der Waals surface area contributed by atoms with E-state index in [2.05, 4.69) is 47.2 Å². The zero-order chi connectivity index (χ0) is 23.2. The van der Waals surface area contributed by atoms with Crippen LogP contribution in [0.15, 0.2) is 47.5 Å². The summed E-state index contributed by atoms with van der Waals surface area (Å²) in [4.78, 5) is 22.8. The van der Waals surface area contributed by atoms with Crippen molar-refractivity contribution in [1.82, 2.24) is 15.1 Å². The largest absolute Gasteiger partial charge is 0.497 e. The average molecular weight is 449 g/mol. The normalized spacial score (nSPS) is 18.3. The van der Waals surface area contributed by atoms with E-state index < -0.39 is 0 Å². The van der Waals surface area contributed by atoms with Crippen molar-refractivity contribution >= 4 is 17.6 Å². The molecule has 2 fully saturated rings. The van der Waals surface area contributed by atoms with Crippen molar-refractivity contribution in [2.45, 2.75) is 52.0 Å². The Balaban J connectivity index is 1.52. The zero-order valence-corrected chi connectivity index (χ0v) is 20.1. The Labute approximate surface area is 197 Å². The molecule has 0 radical (unpaired) electrons. The van der Waals surface area contributed by atoms with Crippen LogP contribution in [-0.4, -0.2) is 61.0 Å². The molecule has 176 valence electrons. The summed E-state index contributed by atoms with van der Waals surface area (Å²) in [5, 5.41) is 3.10. The molecule has 1 aliphatic heterocycles. The molecule has 1 amide bonds. The Bertz CT molecular complexity index is 952. The third kappa shape index (κ3) is 6.14. The average Bonchev–Trinajstić information content (AvgIpc) is 2.84. The maximum Gasteiger partial charge on any atom is 0.257 e. The Morgan fingerprint density at radius 2 is 1.58 bits per heavy atom. The summed E-state index contributed by atoms with van der Waals surface area (Å²) in [6, 6.07) is 14.1. The summed E-state index contributed by atoms with van der Waals surface area (Å²) in [5.41, 5.74) is 3.78. The van der Waals surface area contributed by atoms with Gasteiger partial charge in [0.1, 0.15) is 5.75 Å². The lowest BCUT2D eigenvalue weighted by Crippen LogP contribution is -2.55. The Hall–Kier alpha value is -2.86. The van der Waals surface area contributed by atoms with Crippen molar-refractivity contribution < 1.29 is 9.53 Å². The van der Waals surface area contributed by atoms with Gasteiger partial charge in [0.05, 0.1) is 12.8 Å². The Morgan fingerprint density at radius 3 is 2.18 bits per heavy atom. The number of ether oxygens (including phenoxy) is 1. The number of guanidine groups is 1. The van der Waals surface area contributed by atoms with Crippen LogP contribution in [0.1, 0.15) is 53.6 Å². The molecule has 4 rings (SSSR count). The molecule has 1 heterocycles. The summed E-state index contributed by atoms with van der Waals surface area (Å²) >= 11 is 0. The van der Waals surface area contributed by atoms with E-state index in [1.54, 1.807) is 31.4 Å². The van der Waals surface area contributed by atoms with Gasteiger partial charge in [-0.05, 0) is 74.2 Å². The van der Waals surface area contributed by atoms with E-state index >= 15 is 0 Å². The van der Waals surface area contributed by atoms with E-state index in [1.807, 2.05) is 0 Å². The molecule has 6 heteroatoms. The van der Waals surface area contributed by atoms with E-state index in [4.69, 9.17) is 9.73 Å². The second-order valence-corrected chi connectivity index (χ2v) is 9.28. The summed E-state index contributed by atoms with van der Waals surface area (Å²) < 4.78 is 5.22. The van der Waals surface area contributed by atoms with Gasteiger partial charge >= 0.3 is 0 Å². The lowest BCUT2D eigenvalue weighted by Gasteiger charge is -2.41. The minimum atomic E-state index is -0.157. The molecule has 0 bridgehead atoms. The summed E-state index contributed by atoms with van der Waals surface area (Å²) in [5.74, 6) is 1.20. The molecule has 0 aromatic heterocycles. The number of aryl methyl sites for hydroxylation is 2. The number of piperazine rings is 1. The van der Waals surface area contributed by atoms with Crippen LogP contribution in [-0.2, 0) is 0 Å². The van der Waals surface area contributed by atoms with Crippen LogP contribution in [0.4, 0.5) is 5.69 Å². The van der Waals surface area contributed by atoms with Crippen LogP contribution in [0.3, 0.4) is 0 Å². The van der Waals surface area contributed by atoms with Gasteiger partial charge in [-0.25, -0.2) is 4.99 Å². The van der Waals surface area contributed by atoms with Crippen LogP contribution in [0.2, 0.25) is 0 Å². The number of carbonyl (C=O) groups is 1. The number of methoxy groups -OCH3 is 1. The molecule has 2 aromatic rings. The van der Waals surface area contributed by atoms with E-state index in [1.165, 1.54) is 32.1 Å². The third-order valence-electron chi connectivity index (χ3n) is 6.72. The number of hydrogen-bond acceptors (Lipinski definition) is 4. The van der Waals surface area contributed by atoms with Crippen molar-refractivity contribution in [2.24, 2.45) is 4.99 Å². The number of nitrogens with one attached hydrogen (secondary N) is 1. The molecular weight excluding hydrogens is 412 g/mol. The van der Waals surface area contributed by atoms with Gasteiger partial charge in [-0.2, -0.15) is 0 Å². The highest BCUT2D eigenvalue weighted by Gasteiger charge is 2.27. The topological polar surface area (TPSA) is 57.2 Å². The van der Waals surface area contributed by atoms with Gasteiger partial charge in [0, 0.05) is 37.8 Å². The highest BCUT2D eigenvalue weighted by molar-refractivity contribution is 6.06. The van der Waals surface area contributed by atoms with Gasteiger partial charge in [0.15, 0.2) is 0 Å². The number of amides is 1. The molecule has 0 atom stereocenters. The molecule has 1 saturated carbocycles. The lowest BCUT2D eigenvalue weighted by molar-refractivity contribution is 0.0943. The monoisotopic (exact) mass is 448 g/mol. The first kappa shape index (κ1) is 23.3. The van der Waals surface area contributed by atoms with Crippen LogP contribution in [0, 0.1) is 13.8 Å². The number of rotatable bonds is 4. The van der Waals surface area contributed by atoms with Crippen LogP contribution >= 0.6 is 0 Å². The minimum absolute atomic E-state index is 0.157. The maximum atomic E-state index is 13.1. The number of aliphatic imine (C=N–C) groups is 1. The third-order valence-corrected chi connectivity index (χ3v) is 6.72. The Morgan fingerprint density at radius 1 is 0.939 bits per heavy atom. The van der Waals surface area contributed by atoms with E-state index in [0.717, 1.165) is 54.8 Å². The SMILES string of the molecule is COc1ccc(C(=O)NC(=Nc2cc(C)cc(C)c2)N2CCN(C3CCCCC3)CC2)cc1. The molecule has 33 heavy (non-hydrogen) atoms. The second kappa shape index (κ2) is 10.8. The molecule has 2 aromatic carbocycles. The fourth-order valence-corrected chi connectivity index (χ4v) is 4.98. The zero-order valence-electron chi connectivity index (χ0n) is 20.1. The highest BCUT2D eigenvalue weighted by Crippen LogP contribution is 2.24. The summed E-state index contributed by atoms with van der Waals surface area (Å²) in [6.07, 6.45) is 6.71. The van der Waals surface area contributed by atoms with Crippen molar-refractivity contribution in [3.8, 4) is 5.75 Å². The molecule has 1 N–H and O–H groups in total. The van der Waals surface area contributed by atoms with Gasteiger partial charge < -0.3 is 9.64 Å². The predicted octanol–water partition coefficient (Wildman–Crippen LogP) is 4.68. The summed E-state index contributed by atoms with van der Waals surface area (Å²) in [7, 11) is 1.62. The molecule has 0 unspecified atom stereocenters. The number of benzene rings is 2. The molecular formula is C27H36N4O2. The number of hydrogen-bond donors (Lipinski definition) is 1. The standard InChI is InChI=1S/C27H36N4O2/c1-20-17-21(2)19-23(18-20)28-27(29-26(32)22-9-11-25(33-3)12-10-22)31-15-13-30(14-16-31)24-7-5-4-6-8-24/h9-12,17-19,24H,4-8,13-16H2,1-3H3,(H,28,29,32). The van der Waals surface area contributed by atoms with Crippen molar-refractivity contribution in [3.05, 3.63) is 59.2 Å². The van der Waals surface area contributed by atoms with E-state index in [0.29, 0.717) is 11.5 Å². The fraction of sp³-hybridized carbons (Fsp3) is 0.481. The highest BCUT2D eigenvalue weighted by atomic mass is 16.5. The van der Waals surface area contributed by atoms with Gasteiger partial charge in [0.2, 0.25) is 5.96 Å². The van der Waals surface area contributed by atoms with E-state index in [9.17, 15) is 4.79 Å².